The molecule has 0 heterocycles. The van der Waals surface area contributed by atoms with E-state index in [0.717, 1.165) is 0 Å². The minimum Gasteiger partial charge on any atom is -0.321 e. The van der Waals surface area contributed by atoms with Gasteiger partial charge in [-0.15, -0.1) is 0 Å². The molecule has 6 nitrogen and oxygen atoms in total. The highest BCUT2D eigenvalue weighted by atomic mass is 79.9. The Bertz CT molecular complexity index is 1040. The topological polar surface area (TPSA) is 89.3 Å². The number of halogens is 1. The van der Waals surface area contributed by atoms with Crippen molar-refractivity contribution in [3.8, 4) is 0 Å². The van der Waals surface area contributed by atoms with Gasteiger partial charge in [0, 0.05) is 22.2 Å². The van der Waals surface area contributed by atoms with Crippen LogP contribution in [0.4, 0.5) is 11.4 Å². The van der Waals surface area contributed by atoms with Crippen LogP contribution in [-0.2, 0) is 0 Å². The van der Waals surface area contributed by atoms with Gasteiger partial charge in [0.15, 0.2) is 5.78 Å². The second kappa shape index (κ2) is 7.92. The molecule has 3 aromatic rings. The number of carbonyl (C=O) groups is 2. The number of ketones is 1. The zero-order valence-electron chi connectivity index (χ0n) is 13.9. The first-order valence-corrected chi connectivity index (χ1v) is 8.71. The number of carbonyl (C=O) groups excluding carboxylic acids is 2. The summed E-state index contributed by atoms with van der Waals surface area (Å²) in [5.41, 5.74) is 0.780. The third kappa shape index (κ3) is 4.09. The number of hydrogen-bond donors (Lipinski definition) is 1. The van der Waals surface area contributed by atoms with Gasteiger partial charge in [-0.05, 0) is 34.1 Å². The Kier molecular flexibility index (Phi) is 5.42. The van der Waals surface area contributed by atoms with Gasteiger partial charge in [-0.1, -0.05) is 42.5 Å². The molecule has 0 aliphatic carbocycles. The summed E-state index contributed by atoms with van der Waals surface area (Å²) in [6.07, 6.45) is 0. The van der Waals surface area contributed by atoms with Crippen molar-refractivity contribution in [2.24, 2.45) is 0 Å². The summed E-state index contributed by atoms with van der Waals surface area (Å²) in [7, 11) is 0. The third-order valence-corrected chi connectivity index (χ3v) is 4.55. The number of nitrogens with zero attached hydrogens (tertiary/aromatic N) is 1. The number of amides is 1. The maximum atomic E-state index is 12.8. The minimum atomic E-state index is -0.582. The summed E-state index contributed by atoms with van der Waals surface area (Å²) in [5, 5.41) is 13.8. The van der Waals surface area contributed by atoms with Gasteiger partial charge >= 0.3 is 0 Å². The van der Waals surface area contributed by atoms with Crippen molar-refractivity contribution in [3.63, 3.8) is 0 Å². The standard InChI is InChI=1S/C20H13BrN2O4/c21-17-9-5-4-8-15(17)20(25)22-18-11-10-14(23(26)27)12-16(18)19(24)13-6-2-1-3-7-13/h1-12H,(H,22,25). The largest absolute Gasteiger partial charge is 0.321 e. The van der Waals surface area contributed by atoms with Crippen LogP contribution < -0.4 is 5.32 Å². The SMILES string of the molecule is O=C(Nc1ccc([N+](=O)[O-])cc1C(=O)c1ccccc1)c1ccccc1Br. The van der Waals surface area contributed by atoms with Gasteiger partial charge in [0.1, 0.15) is 0 Å². The Morgan fingerprint density at radius 2 is 1.56 bits per heavy atom. The molecular weight excluding hydrogens is 412 g/mol. The van der Waals surface area contributed by atoms with E-state index in [0.29, 0.717) is 15.6 Å². The van der Waals surface area contributed by atoms with Gasteiger partial charge in [-0.2, -0.15) is 0 Å². The maximum absolute atomic E-state index is 12.8. The lowest BCUT2D eigenvalue weighted by atomic mass is 10.0. The Balaban J connectivity index is 2.02. The van der Waals surface area contributed by atoms with Gasteiger partial charge in [-0.25, -0.2) is 0 Å². The van der Waals surface area contributed by atoms with Crippen LogP contribution in [-0.4, -0.2) is 16.6 Å². The minimum absolute atomic E-state index is 0.0517. The molecule has 1 N–H and O–H groups in total. The van der Waals surface area contributed by atoms with Crippen molar-refractivity contribution in [2.75, 3.05) is 5.32 Å². The van der Waals surface area contributed by atoms with Crippen LogP contribution in [0.2, 0.25) is 0 Å². The predicted octanol–water partition coefficient (Wildman–Crippen LogP) is 4.84. The smallest absolute Gasteiger partial charge is 0.270 e. The number of nitro benzene ring substituents is 1. The summed E-state index contributed by atoms with van der Waals surface area (Å²) in [4.78, 5) is 36.0. The molecule has 27 heavy (non-hydrogen) atoms. The van der Waals surface area contributed by atoms with E-state index >= 15 is 0 Å². The van der Waals surface area contributed by atoms with Crippen molar-refractivity contribution >= 4 is 39.0 Å². The first kappa shape index (κ1) is 18.5. The van der Waals surface area contributed by atoms with Crippen molar-refractivity contribution in [2.45, 2.75) is 0 Å². The number of anilines is 1. The Hall–Kier alpha value is -3.32. The molecular formula is C20H13BrN2O4. The summed E-state index contributed by atoms with van der Waals surface area (Å²) in [6, 6.07) is 19.0. The second-order valence-corrected chi connectivity index (χ2v) is 6.47. The molecule has 0 unspecified atom stereocenters. The molecule has 0 spiro atoms. The van der Waals surface area contributed by atoms with Gasteiger partial charge in [0.05, 0.1) is 21.7 Å². The fourth-order valence-corrected chi connectivity index (χ4v) is 2.99. The van der Waals surface area contributed by atoms with E-state index in [9.17, 15) is 19.7 Å². The van der Waals surface area contributed by atoms with Gasteiger partial charge < -0.3 is 5.32 Å². The first-order chi connectivity index (χ1) is 13.0. The van der Waals surface area contributed by atoms with E-state index in [2.05, 4.69) is 21.2 Å². The number of rotatable bonds is 5. The fourth-order valence-electron chi connectivity index (χ4n) is 2.52. The first-order valence-electron chi connectivity index (χ1n) is 7.91. The van der Waals surface area contributed by atoms with Gasteiger partial charge in [0.25, 0.3) is 11.6 Å². The molecule has 0 radical (unpaired) electrons. The van der Waals surface area contributed by atoms with Gasteiger partial charge in [-0.3, -0.25) is 19.7 Å². The molecule has 3 aromatic carbocycles. The zero-order chi connectivity index (χ0) is 19.4. The number of hydrogen-bond acceptors (Lipinski definition) is 4. The second-order valence-electron chi connectivity index (χ2n) is 5.62. The Morgan fingerprint density at radius 1 is 0.889 bits per heavy atom. The highest BCUT2D eigenvalue weighted by Crippen LogP contribution is 2.26. The van der Waals surface area contributed by atoms with E-state index in [1.165, 1.54) is 18.2 Å². The lowest BCUT2D eigenvalue weighted by Gasteiger charge is -2.11. The molecule has 0 bridgehead atoms. The van der Waals surface area contributed by atoms with E-state index in [1.54, 1.807) is 54.6 Å². The predicted molar refractivity (Wildman–Crippen MR) is 105 cm³/mol. The monoisotopic (exact) mass is 424 g/mol. The highest BCUT2D eigenvalue weighted by molar-refractivity contribution is 9.10. The fraction of sp³-hybridized carbons (Fsp3) is 0. The summed E-state index contributed by atoms with van der Waals surface area (Å²) in [5.74, 6) is -0.847. The van der Waals surface area contributed by atoms with Crippen LogP contribution in [0, 0.1) is 10.1 Å². The average Bonchev–Trinajstić information content (AvgIpc) is 2.68. The highest BCUT2D eigenvalue weighted by Gasteiger charge is 2.20. The van der Waals surface area contributed by atoms with E-state index in [1.807, 2.05) is 0 Å². The number of non-ortho nitro benzene ring substituents is 1. The molecule has 0 saturated heterocycles. The molecule has 134 valence electrons. The molecule has 1 amide bonds. The van der Waals surface area contributed by atoms with Crippen LogP contribution in [0.5, 0.6) is 0 Å². The van der Waals surface area contributed by atoms with Crippen LogP contribution in [0.25, 0.3) is 0 Å². The molecule has 3 rings (SSSR count). The molecule has 0 fully saturated rings. The summed E-state index contributed by atoms with van der Waals surface area (Å²) >= 11 is 3.31. The quantitative estimate of drug-likeness (QED) is 0.360. The molecule has 0 aliphatic heterocycles. The van der Waals surface area contributed by atoms with Crippen molar-refractivity contribution in [3.05, 3.63) is 104 Å². The van der Waals surface area contributed by atoms with Crippen molar-refractivity contribution in [1.29, 1.82) is 0 Å². The maximum Gasteiger partial charge on any atom is 0.270 e. The van der Waals surface area contributed by atoms with E-state index < -0.39 is 16.6 Å². The van der Waals surface area contributed by atoms with Crippen LogP contribution in [0.3, 0.4) is 0 Å². The average molecular weight is 425 g/mol. The third-order valence-electron chi connectivity index (χ3n) is 3.86. The van der Waals surface area contributed by atoms with Crippen LogP contribution >= 0.6 is 15.9 Å². The lowest BCUT2D eigenvalue weighted by molar-refractivity contribution is -0.384. The number of nitrogens with one attached hydrogen (secondary N) is 1. The molecule has 0 aromatic heterocycles. The van der Waals surface area contributed by atoms with Crippen molar-refractivity contribution in [1.82, 2.24) is 0 Å². The molecule has 0 atom stereocenters. The number of nitro groups is 1. The molecule has 7 heteroatoms. The van der Waals surface area contributed by atoms with Crippen molar-refractivity contribution < 1.29 is 14.5 Å². The molecule has 0 saturated carbocycles. The van der Waals surface area contributed by atoms with Gasteiger partial charge in [0.2, 0.25) is 0 Å². The summed E-state index contributed by atoms with van der Waals surface area (Å²) in [6.45, 7) is 0. The summed E-state index contributed by atoms with van der Waals surface area (Å²) < 4.78 is 0.598. The van der Waals surface area contributed by atoms with Crippen LogP contribution in [0.15, 0.2) is 77.3 Å². The normalized spacial score (nSPS) is 10.3. The Morgan fingerprint density at radius 3 is 2.22 bits per heavy atom. The Labute approximate surface area is 163 Å². The van der Waals surface area contributed by atoms with E-state index in [-0.39, 0.29) is 16.9 Å². The zero-order valence-corrected chi connectivity index (χ0v) is 15.5. The van der Waals surface area contributed by atoms with Crippen LogP contribution in [0.1, 0.15) is 26.3 Å². The van der Waals surface area contributed by atoms with E-state index in [4.69, 9.17) is 0 Å². The number of benzene rings is 3. The lowest BCUT2D eigenvalue weighted by Crippen LogP contribution is -2.16. The molecule has 0 aliphatic rings.